The van der Waals surface area contributed by atoms with Crippen molar-refractivity contribution in [3.8, 4) is 34.6 Å². The standard InChI is InChI=1S/C20H17F4N3O2.C15H10BrF4N3O/c1-19(2,29)4-3-9-7-13-12(8-14(9)21)10-5-11(6-10)27-16(20(22,23)24)15(17(25)28)26-18(13)27;16-9-3-8-7(4-10(9)17)5-1-6(2-5)23-12(15(18,19)20)11(13(21)24)22-14(8)23/h7-8,10-11,29H,5-6H2,1-2H3,(H2,25,28);3-6H,1-2H2,(H2,21,24). The van der Waals surface area contributed by atoms with Crippen molar-refractivity contribution in [2.75, 3.05) is 0 Å². The van der Waals surface area contributed by atoms with Crippen LogP contribution < -0.4 is 11.5 Å². The lowest BCUT2D eigenvalue weighted by Crippen LogP contribution is -2.28. The molecule has 2 aromatic carbocycles. The van der Waals surface area contributed by atoms with Crippen LogP contribution in [0.3, 0.4) is 0 Å². The second-order valence-corrected chi connectivity index (χ2v) is 14.8. The van der Waals surface area contributed by atoms with E-state index in [1.54, 1.807) is 0 Å². The number of halogens is 9. The third kappa shape index (κ3) is 6.16. The molecule has 0 radical (unpaired) electrons. The molecule has 6 aliphatic rings. The molecule has 2 saturated carbocycles. The van der Waals surface area contributed by atoms with E-state index in [2.05, 4.69) is 37.7 Å². The molecule has 2 aromatic heterocycles. The van der Waals surface area contributed by atoms with Crippen molar-refractivity contribution in [1.82, 2.24) is 19.1 Å². The Balaban J connectivity index is 0.000000167. The Morgan fingerprint density at radius 1 is 0.774 bits per heavy atom. The van der Waals surface area contributed by atoms with Gasteiger partial charge in [0.25, 0.3) is 11.8 Å². The van der Waals surface area contributed by atoms with Gasteiger partial charge in [-0.1, -0.05) is 11.8 Å². The normalized spacial score (nSPS) is 20.7. The highest BCUT2D eigenvalue weighted by atomic mass is 79.9. The van der Waals surface area contributed by atoms with E-state index >= 15 is 0 Å². The molecule has 0 spiro atoms. The monoisotopic (exact) mass is 810 g/mol. The zero-order chi connectivity index (χ0) is 38.7. The summed E-state index contributed by atoms with van der Waals surface area (Å²) in [5.74, 6) is 1.20. The van der Waals surface area contributed by atoms with Crippen LogP contribution >= 0.6 is 15.9 Å². The number of amides is 2. The molecule has 5 N–H and O–H groups in total. The van der Waals surface area contributed by atoms with Crippen LogP contribution in [-0.2, 0) is 12.4 Å². The number of rotatable bonds is 2. The zero-order valence-electron chi connectivity index (χ0n) is 27.6. The summed E-state index contributed by atoms with van der Waals surface area (Å²) in [6.45, 7) is 2.86. The largest absolute Gasteiger partial charge is 0.433 e. The van der Waals surface area contributed by atoms with E-state index in [1.807, 2.05) is 0 Å². The Hall–Kier alpha value is -4.76. The predicted octanol–water partition coefficient (Wildman–Crippen LogP) is 7.36. The molecule has 10 rings (SSSR count). The van der Waals surface area contributed by atoms with Crippen LogP contribution in [0, 0.1) is 23.5 Å². The quantitative estimate of drug-likeness (QED) is 0.143. The zero-order valence-corrected chi connectivity index (χ0v) is 29.1. The number of nitrogens with zero attached hydrogens (tertiary/aromatic N) is 4. The highest BCUT2D eigenvalue weighted by Crippen LogP contribution is 2.56. The van der Waals surface area contributed by atoms with Gasteiger partial charge < -0.3 is 25.7 Å². The van der Waals surface area contributed by atoms with E-state index in [0.29, 0.717) is 42.4 Å². The van der Waals surface area contributed by atoms with Crippen molar-refractivity contribution in [2.45, 2.75) is 81.4 Å². The number of aliphatic hydroxyl groups is 1. The van der Waals surface area contributed by atoms with Crippen LogP contribution in [0.15, 0.2) is 28.7 Å². The number of carbonyl (C=O) groups excluding carboxylic acids is 2. The van der Waals surface area contributed by atoms with Crippen LogP contribution in [0.2, 0.25) is 0 Å². The molecule has 53 heavy (non-hydrogen) atoms. The van der Waals surface area contributed by atoms with Crippen molar-refractivity contribution in [3.63, 3.8) is 0 Å². The Kier molecular flexibility index (Phi) is 8.38. The summed E-state index contributed by atoms with van der Waals surface area (Å²) in [6.07, 6.45) is -7.94. The molecule has 0 unspecified atom stereocenters. The summed E-state index contributed by atoms with van der Waals surface area (Å²) in [7, 11) is 0. The van der Waals surface area contributed by atoms with Crippen LogP contribution in [-0.4, -0.2) is 41.6 Å². The topological polar surface area (TPSA) is 142 Å². The number of primary amides is 2. The van der Waals surface area contributed by atoms with Crippen molar-refractivity contribution < 1.29 is 49.8 Å². The van der Waals surface area contributed by atoms with Crippen LogP contribution in [0.1, 0.15) is 113 Å². The number of benzene rings is 2. The second kappa shape index (κ2) is 12.1. The summed E-state index contributed by atoms with van der Waals surface area (Å²) in [6, 6.07) is 4.38. The number of hydrogen-bond donors (Lipinski definition) is 3. The molecule has 4 aromatic rings. The van der Waals surface area contributed by atoms with Gasteiger partial charge in [0.05, 0.1) is 10.0 Å². The lowest BCUT2D eigenvalue weighted by molar-refractivity contribution is -0.145. The van der Waals surface area contributed by atoms with Gasteiger partial charge in [0, 0.05) is 23.2 Å². The smallest absolute Gasteiger partial charge is 0.378 e. The van der Waals surface area contributed by atoms with Gasteiger partial charge in [-0.3, -0.25) is 9.59 Å². The van der Waals surface area contributed by atoms with Crippen molar-refractivity contribution in [1.29, 1.82) is 0 Å². The van der Waals surface area contributed by atoms with E-state index in [4.69, 9.17) is 11.5 Å². The summed E-state index contributed by atoms with van der Waals surface area (Å²) in [4.78, 5) is 31.0. The number of aromatic nitrogens is 4. The first-order chi connectivity index (χ1) is 24.5. The molecule has 18 heteroatoms. The minimum Gasteiger partial charge on any atom is -0.378 e. The number of carbonyl (C=O) groups is 2. The fourth-order valence-electron chi connectivity index (χ4n) is 7.48. The highest BCUT2D eigenvalue weighted by Gasteiger charge is 2.50. The average molecular weight is 812 g/mol. The van der Waals surface area contributed by atoms with Gasteiger partial charge in [-0.25, -0.2) is 18.7 Å². The van der Waals surface area contributed by atoms with Gasteiger partial charge in [0.2, 0.25) is 0 Å². The molecular weight excluding hydrogens is 784 g/mol. The summed E-state index contributed by atoms with van der Waals surface area (Å²) >= 11 is 3.05. The van der Waals surface area contributed by atoms with Crippen molar-refractivity contribution in [3.05, 3.63) is 79.8 Å². The third-order valence-electron chi connectivity index (χ3n) is 9.88. The maximum Gasteiger partial charge on any atom is 0.433 e. The van der Waals surface area contributed by atoms with Crippen LogP contribution in [0.25, 0.3) is 22.8 Å². The molecule has 0 atom stereocenters. The Morgan fingerprint density at radius 2 is 1.19 bits per heavy atom. The molecule has 2 aliphatic carbocycles. The predicted molar refractivity (Wildman–Crippen MR) is 175 cm³/mol. The lowest BCUT2D eigenvalue weighted by atomic mass is 9.75. The molecule has 0 saturated heterocycles. The molecule has 4 bridgehead atoms. The minimum atomic E-state index is -4.82. The number of imidazole rings is 2. The molecule has 6 heterocycles. The first-order valence-corrected chi connectivity index (χ1v) is 16.9. The maximum atomic E-state index is 14.6. The fourth-order valence-corrected chi connectivity index (χ4v) is 7.82. The SMILES string of the molecule is CC(C)(O)C#Cc1cc2c(cc1F)C1CC(C1)n1c-2nc(C(N)=O)c1C(F)(F)F.NC(=O)c1nc2n(c1C(F)(F)F)C1CC(C1)c1cc(F)c(Br)cc1-2. The Morgan fingerprint density at radius 3 is 1.58 bits per heavy atom. The molecule has 9 nitrogen and oxygen atoms in total. The molecule has 2 fully saturated rings. The van der Waals surface area contributed by atoms with Gasteiger partial charge in [-0.05, 0) is 103 Å². The first-order valence-electron chi connectivity index (χ1n) is 16.1. The van der Waals surface area contributed by atoms with E-state index in [1.165, 1.54) is 38.1 Å². The van der Waals surface area contributed by atoms with E-state index in [-0.39, 0.29) is 39.1 Å². The number of hydrogen-bond acceptors (Lipinski definition) is 5. The Bertz CT molecular complexity index is 2300. The number of alkyl halides is 6. The van der Waals surface area contributed by atoms with Crippen LogP contribution in [0.5, 0.6) is 0 Å². The molecule has 4 aliphatic heterocycles. The van der Waals surface area contributed by atoms with Gasteiger partial charge in [-0.2, -0.15) is 26.3 Å². The molecule has 278 valence electrons. The summed E-state index contributed by atoms with van der Waals surface area (Å²) < 4.78 is 112. The van der Waals surface area contributed by atoms with Crippen LogP contribution in [0.4, 0.5) is 35.1 Å². The first kappa shape index (κ1) is 36.6. The van der Waals surface area contributed by atoms with Gasteiger partial charge in [0.1, 0.15) is 28.9 Å². The fraction of sp³-hybridized carbons (Fsp3) is 0.371. The summed E-state index contributed by atoms with van der Waals surface area (Å²) in [5, 5.41) is 9.76. The van der Waals surface area contributed by atoms with E-state index in [0.717, 1.165) is 9.13 Å². The van der Waals surface area contributed by atoms with E-state index < -0.39 is 76.3 Å². The molecule has 2 amide bonds. The lowest BCUT2D eigenvalue weighted by Gasteiger charge is -2.35. The summed E-state index contributed by atoms with van der Waals surface area (Å²) in [5.41, 5.74) is 6.70. The minimum absolute atomic E-state index is 0.0109. The second-order valence-electron chi connectivity index (χ2n) is 14.0. The van der Waals surface area contributed by atoms with Crippen molar-refractivity contribution in [2.24, 2.45) is 11.5 Å². The maximum absolute atomic E-state index is 14.6. The van der Waals surface area contributed by atoms with Gasteiger partial charge in [-0.15, -0.1) is 0 Å². The van der Waals surface area contributed by atoms with Gasteiger partial charge in [0.15, 0.2) is 22.8 Å². The number of nitrogens with two attached hydrogens (primary N) is 2. The Labute approximate surface area is 303 Å². The molecular formula is C35H27BrF8N6O3. The third-order valence-corrected chi connectivity index (χ3v) is 10.5. The van der Waals surface area contributed by atoms with E-state index in [9.17, 15) is 49.8 Å². The average Bonchev–Trinajstić information content (AvgIpc) is 3.45. The highest BCUT2D eigenvalue weighted by molar-refractivity contribution is 9.10. The van der Waals surface area contributed by atoms with Crippen molar-refractivity contribution >= 4 is 27.7 Å². The van der Waals surface area contributed by atoms with Gasteiger partial charge >= 0.3 is 12.4 Å².